The third-order valence-corrected chi connectivity index (χ3v) is 2.81. The van der Waals surface area contributed by atoms with Gasteiger partial charge in [0.05, 0.1) is 6.61 Å². The van der Waals surface area contributed by atoms with E-state index in [1.807, 2.05) is 0 Å². The van der Waals surface area contributed by atoms with E-state index in [9.17, 15) is 9.59 Å². The van der Waals surface area contributed by atoms with Gasteiger partial charge in [0.25, 0.3) is 0 Å². The minimum atomic E-state index is -0.585. The van der Waals surface area contributed by atoms with Crippen LogP contribution in [0.25, 0.3) is 0 Å². The van der Waals surface area contributed by atoms with E-state index >= 15 is 0 Å². The lowest BCUT2D eigenvalue weighted by Gasteiger charge is -2.34. The lowest BCUT2D eigenvalue weighted by atomic mass is 10.2. The molecule has 2 rings (SSSR count). The molecule has 1 fully saturated rings. The Labute approximate surface area is 109 Å². The van der Waals surface area contributed by atoms with E-state index in [2.05, 4.69) is 20.8 Å². The predicted octanol–water partition coefficient (Wildman–Crippen LogP) is -1.96. The summed E-state index contributed by atoms with van der Waals surface area (Å²) in [6.07, 6.45) is 1.36. The van der Waals surface area contributed by atoms with Gasteiger partial charge in [-0.3, -0.25) is 4.79 Å². The van der Waals surface area contributed by atoms with Gasteiger partial charge >= 0.3 is 5.97 Å². The molecule has 1 saturated heterocycles. The first-order valence-corrected chi connectivity index (χ1v) is 6.10. The van der Waals surface area contributed by atoms with Crippen molar-refractivity contribution < 1.29 is 14.3 Å². The first kappa shape index (κ1) is 13.4. The van der Waals surface area contributed by atoms with Gasteiger partial charge in [0, 0.05) is 19.6 Å². The molecule has 2 heterocycles. The van der Waals surface area contributed by atoms with E-state index in [4.69, 9.17) is 4.74 Å². The lowest BCUT2D eigenvalue weighted by molar-refractivity contribution is -0.156. The third-order valence-electron chi connectivity index (χ3n) is 2.81. The van der Waals surface area contributed by atoms with Gasteiger partial charge in [-0.25, -0.2) is 9.48 Å². The van der Waals surface area contributed by atoms with E-state index in [0.717, 1.165) is 0 Å². The number of ether oxygens (including phenoxy) is 1. The molecule has 1 amide bonds. The minimum absolute atomic E-state index is 0.0168. The molecule has 0 saturated carbocycles. The lowest BCUT2D eigenvalue weighted by Crippen LogP contribution is -2.58. The van der Waals surface area contributed by atoms with Gasteiger partial charge in [-0.1, -0.05) is 0 Å². The summed E-state index contributed by atoms with van der Waals surface area (Å²) in [6.45, 7) is 3.57. The second-order valence-electron chi connectivity index (χ2n) is 4.07. The van der Waals surface area contributed by atoms with Crippen LogP contribution in [0.1, 0.15) is 6.92 Å². The number of carbonyl (C=O) groups is 2. The summed E-state index contributed by atoms with van der Waals surface area (Å²) in [5.41, 5.74) is 0. The standard InChI is InChI=1S/C10H16N6O3/c1-2-19-10(18)8-5-11-3-4-16(8)9(17)6-15-7-12-13-14-15/h7-8,11H,2-6H2,1H3. The maximum Gasteiger partial charge on any atom is 0.330 e. The van der Waals surface area contributed by atoms with Crippen LogP contribution in [0.3, 0.4) is 0 Å². The van der Waals surface area contributed by atoms with Crippen LogP contribution in [0.2, 0.25) is 0 Å². The molecule has 1 atom stereocenters. The third kappa shape index (κ3) is 3.25. The van der Waals surface area contributed by atoms with E-state index in [-0.39, 0.29) is 18.4 Å². The van der Waals surface area contributed by atoms with Crippen LogP contribution in [0.15, 0.2) is 6.33 Å². The van der Waals surface area contributed by atoms with Gasteiger partial charge in [-0.2, -0.15) is 0 Å². The highest BCUT2D eigenvalue weighted by Gasteiger charge is 2.33. The van der Waals surface area contributed by atoms with Crippen LogP contribution in [0.4, 0.5) is 0 Å². The molecule has 104 valence electrons. The Bertz CT molecular complexity index is 434. The van der Waals surface area contributed by atoms with E-state index < -0.39 is 6.04 Å². The van der Waals surface area contributed by atoms with Crippen LogP contribution < -0.4 is 5.32 Å². The Morgan fingerprint density at radius 3 is 3.05 bits per heavy atom. The molecule has 1 unspecified atom stereocenters. The Balaban J connectivity index is 2.02. The van der Waals surface area contributed by atoms with Gasteiger partial charge in [-0.05, 0) is 17.4 Å². The van der Waals surface area contributed by atoms with Crippen molar-refractivity contribution in [2.75, 3.05) is 26.2 Å². The fraction of sp³-hybridized carbons (Fsp3) is 0.700. The predicted molar refractivity (Wildman–Crippen MR) is 62.8 cm³/mol. The average molecular weight is 268 g/mol. The van der Waals surface area contributed by atoms with E-state index in [0.29, 0.717) is 26.2 Å². The fourth-order valence-corrected chi connectivity index (χ4v) is 1.93. The summed E-state index contributed by atoms with van der Waals surface area (Å²) in [4.78, 5) is 25.5. The van der Waals surface area contributed by atoms with Gasteiger partial charge in [0.2, 0.25) is 5.91 Å². The van der Waals surface area contributed by atoms with Crippen LogP contribution in [0, 0.1) is 0 Å². The molecule has 1 aromatic rings. The number of carbonyl (C=O) groups excluding carboxylic acids is 2. The number of tetrazole rings is 1. The van der Waals surface area contributed by atoms with Crippen molar-refractivity contribution in [3.8, 4) is 0 Å². The van der Waals surface area contributed by atoms with Crippen molar-refractivity contribution >= 4 is 11.9 Å². The molecule has 0 aromatic carbocycles. The van der Waals surface area contributed by atoms with E-state index in [1.165, 1.54) is 15.9 Å². The van der Waals surface area contributed by atoms with Crippen LogP contribution in [0.5, 0.6) is 0 Å². The smallest absolute Gasteiger partial charge is 0.330 e. The Morgan fingerprint density at radius 2 is 2.37 bits per heavy atom. The number of nitrogens with one attached hydrogen (secondary N) is 1. The van der Waals surface area contributed by atoms with E-state index in [1.54, 1.807) is 6.92 Å². The Hall–Kier alpha value is -2.03. The molecule has 0 radical (unpaired) electrons. The second kappa shape index (κ2) is 6.23. The summed E-state index contributed by atoms with van der Waals surface area (Å²) >= 11 is 0. The number of esters is 1. The number of hydrogen-bond acceptors (Lipinski definition) is 7. The SMILES string of the molecule is CCOC(=O)C1CNCCN1C(=O)Cn1cnnn1. The molecule has 19 heavy (non-hydrogen) atoms. The maximum atomic E-state index is 12.2. The fourth-order valence-electron chi connectivity index (χ4n) is 1.93. The summed E-state index contributed by atoms with van der Waals surface area (Å²) in [5, 5.41) is 13.6. The minimum Gasteiger partial charge on any atom is -0.464 e. The van der Waals surface area contributed by atoms with Crippen molar-refractivity contribution in [3.05, 3.63) is 6.33 Å². The number of piperazine rings is 1. The highest BCUT2D eigenvalue weighted by Crippen LogP contribution is 2.07. The quantitative estimate of drug-likeness (QED) is 0.632. The molecular formula is C10H16N6O3. The molecule has 1 N–H and O–H groups in total. The zero-order valence-electron chi connectivity index (χ0n) is 10.7. The normalized spacial score (nSPS) is 19.2. The van der Waals surface area contributed by atoms with Crippen molar-refractivity contribution in [2.45, 2.75) is 19.5 Å². The number of rotatable bonds is 4. The first-order valence-electron chi connectivity index (χ1n) is 6.10. The number of hydrogen-bond donors (Lipinski definition) is 1. The Kier molecular flexibility index (Phi) is 4.39. The molecular weight excluding hydrogens is 252 g/mol. The molecule has 9 nitrogen and oxygen atoms in total. The van der Waals surface area contributed by atoms with Crippen molar-refractivity contribution in [2.24, 2.45) is 0 Å². The van der Waals surface area contributed by atoms with Gasteiger partial charge in [0.15, 0.2) is 0 Å². The topological polar surface area (TPSA) is 102 Å². The summed E-state index contributed by atoms with van der Waals surface area (Å²) in [5.74, 6) is -0.591. The van der Waals surface area contributed by atoms with Crippen LogP contribution in [-0.4, -0.2) is 69.3 Å². The number of amides is 1. The van der Waals surface area contributed by atoms with Crippen LogP contribution >= 0.6 is 0 Å². The second-order valence-corrected chi connectivity index (χ2v) is 4.07. The molecule has 1 aliphatic rings. The number of aromatic nitrogens is 4. The molecule has 0 spiro atoms. The monoisotopic (exact) mass is 268 g/mol. The summed E-state index contributed by atoms with van der Waals surface area (Å²) < 4.78 is 6.30. The zero-order chi connectivity index (χ0) is 13.7. The van der Waals surface area contributed by atoms with Crippen LogP contribution in [-0.2, 0) is 20.9 Å². The van der Waals surface area contributed by atoms with Gasteiger partial charge in [0.1, 0.15) is 18.9 Å². The van der Waals surface area contributed by atoms with Crippen molar-refractivity contribution in [1.82, 2.24) is 30.4 Å². The maximum absolute atomic E-state index is 12.2. The summed E-state index contributed by atoms with van der Waals surface area (Å²) in [6, 6.07) is -0.585. The largest absolute Gasteiger partial charge is 0.464 e. The molecule has 1 aliphatic heterocycles. The zero-order valence-corrected chi connectivity index (χ0v) is 10.7. The average Bonchev–Trinajstić information content (AvgIpc) is 2.92. The number of nitrogens with zero attached hydrogens (tertiary/aromatic N) is 5. The van der Waals surface area contributed by atoms with Crippen molar-refractivity contribution in [1.29, 1.82) is 0 Å². The van der Waals surface area contributed by atoms with Gasteiger partial charge < -0.3 is 15.0 Å². The highest BCUT2D eigenvalue weighted by molar-refractivity contribution is 5.84. The Morgan fingerprint density at radius 1 is 1.53 bits per heavy atom. The van der Waals surface area contributed by atoms with Crippen molar-refractivity contribution in [3.63, 3.8) is 0 Å². The highest BCUT2D eigenvalue weighted by atomic mass is 16.5. The first-order chi connectivity index (χ1) is 9.22. The summed E-state index contributed by atoms with van der Waals surface area (Å²) in [7, 11) is 0. The molecule has 9 heteroatoms. The molecule has 0 bridgehead atoms. The molecule has 1 aromatic heterocycles. The van der Waals surface area contributed by atoms with Gasteiger partial charge in [-0.15, -0.1) is 5.10 Å². The molecule has 0 aliphatic carbocycles.